The predicted octanol–water partition coefficient (Wildman–Crippen LogP) is 2.42. The summed E-state index contributed by atoms with van der Waals surface area (Å²) in [6, 6.07) is 5.85. The first-order chi connectivity index (χ1) is 7.31. The van der Waals surface area contributed by atoms with Crippen LogP contribution >= 0.6 is 0 Å². The fourth-order valence-corrected chi connectivity index (χ4v) is 2.52. The molecule has 1 aliphatic carbocycles. The number of fused-ring (bicyclic) bond motifs is 1. The van der Waals surface area contributed by atoms with Crippen LogP contribution < -0.4 is 5.32 Å². The van der Waals surface area contributed by atoms with Crippen molar-refractivity contribution in [1.29, 1.82) is 0 Å². The molecule has 0 bridgehead atoms. The Hall–Kier alpha value is -1.02. The summed E-state index contributed by atoms with van der Waals surface area (Å²) >= 11 is 0. The molecule has 1 aromatic rings. The van der Waals surface area contributed by atoms with Gasteiger partial charge in [0, 0.05) is 0 Å². The lowest BCUT2D eigenvalue weighted by Gasteiger charge is -2.25. The van der Waals surface area contributed by atoms with Crippen LogP contribution in [0.25, 0.3) is 0 Å². The number of phenols is 1. The second kappa shape index (κ2) is 4.67. The van der Waals surface area contributed by atoms with Crippen molar-refractivity contribution in [3.63, 3.8) is 0 Å². The van der Waals surface area contributed by atoms with Gasteiger partial charge in [-0.25, -0.2) is 0 Å². The van der Waals surface area contributed by atoms with Crippen LogP contribution in [0.2, 0.25) is 0 Å². The lowest BCUT2D eigenvalue weighted by molar-refractivity contribution is 0.468. The minimum atomic E-state index is 0.406. The molecular weight excluding hydrogens is 186 g/mol. The first-order valence-electron chi connectivity index (χ1n) is 5.77. The molecule has 1 aromatic carbocycles. The van der Waals surface area contributed by atoms with Gasteiger partial charge in [0.1, 0.15) is 5.75 Å². The van der Waals surface area contributed by atoms with E-state index in [4.69, 9.17) is 0 Å². The molecule has 0 saturated carbocycles. The van der Waals surface area contributed by atoms with Crippen LogP contribution in [-0.4, -0.2) is 18.7 Å². The monoisotopic (exact) mass is 205 g/mol. The third-order valence-electron chi connectivity index (χ3n) is 3.31. The van der Waals surface area contributed by atoms with Crippen LogP contribution in [-0.2, 0) is 6.42 Å². The fourth-order valence-electron chi connectivity index (χ4n) is 2.52. The lowest BCUT2D eigenvalue weighted by atomic mass is 9.81. The predicted molar refractivity (Wildman–Crippen MR) is 62.3 cm³/mol. The van der Waals surface area contributed by atoms with Gasteiger partial charge in [-0.1, -0.05) is 6.07 Å². The summed E-state index contributed by atoms with van der Waals surface area (Å²) in [6.45, 7) is 1.07. The van der Waals surface area contributed by atoms with Crippen molar-refractivity contribution >= 4 is 0 Å². The Morgan fingerprint density at radius 2 is 2.33 bits per heavy atom. The molecular formula is C13H19NO. The fraction of sp³-hybridized carbons (Fsp3) is 0.538. The first-order valence-corrected chi connectivity index (χ1v) is 5.77. The van der Waals surface area contributed by atoms with Crippen LogP contribution in [0.3, 0.4) is 0 Å². The summed E-state index contributed by atoms with van der Waals surface area (Å²) in [4.78, 5) is 0. The molecule has 2 heteroatoms. The molecule has 15 heavy (non-hydrogen) atoms. The second-order valence-corrected chi connectivity index (χ2v) is 4.36. The van der Waals surface area contributed by atoms with Crippen molar-refractivity contribution in [2.45, 2.75) is 31.6 Å². The molecule has 0 amide bonds. The molecule has 0 aromatic heterocycles. The number of nitrogens with one attached hydrogen (secondary N) is 1. The zero-order valence-electron chi connectivity index (χ0n) is 9.29. The molecule has 0 radical (unpaired) electrons. The third-order valence-corrected chi connectivity index (χ3v) is 3.31. The molecule has 2 nitrogen and oxygen atoms in total. The lowest BCUT2D eigenvalue weighted by Crippen LogP contribution is -2.16. The first kappa shape index (κ1) is 10.5. The maximum absolute atomic E-state index is 9.44. The number of hydrogen-bond donors (Lipinski definition) is 2. The SMILES string of the molecule is CNCCC1CCCc2cc(O)ccc21. The van der Waals surface area contributed by atoms with E-state index in [9.17, 15) is 5.11 Å². The van der Waals surface area contributed by atoms with Gasteiger partial charge in [0.25, 0.3) is 0 Å². The van der Waals surface area contributed by atoms with E-state index < -0.39 is 0 Å². The van der Waals surface area contributed by atoms with E-state index in [0.29, 0.717) is 11.7 Å². The van der Waals surface area contributed by atoms with Gasteiger partial charge in [-0.05, 0) is 68.5 Å². The zero-order valence-corrected chi connectivity index (χ0v) is 9.29. The smallest absolute Gasteiger partial charge is 0.115 e. The van der Waals surface area contributed by atoms with Gasteiger partial charge in [-0.3, -0.25) is 0 Å². The van der Waals surface area contributed by atoms with Gasteiger partial charge in [0.05, 0.1) is 0 Å². The number of benzene rings is 1. The van der Waals surface area contributed by atoms with Gasteiger partial charge in [-0.2, -0.15) is 0 Å². The van der Waals surface area contributed by atoms with Crippen molar-refractivity contribution in [3.05, 3.63) is 29.3 Å². The summed E-state index contributed by atoms with van der Waals surface area (Å²) in [6.07, 6.45) is 4.87. The topological polar surface area (TPSA) is 32.3 Å². The van der Waals surface area contributed by atoms with Crippen molar-refractivity contribution in [2.24, 2.45) is 0 Å². The van der Waals surface area contributed by atoms with Crippen molar-refractivity contribution in [3.8, 4) is 5.75 Å². The number of rotatable bonds is 3. The zero-order chi connectivity index (χ0) is 10.7. The normalized spacial score (nSPS) is 19.9. The van der Waals surface area contributed by atoms with Crippen LogP contribution in [0.1, 0.15) is 36.3 Å². The Morgan fingerprint density at radius 1 is 1.47 bits per heavy atom. The van der Waals surface area contributed by atoms with E-state index in [0.717, 1.165) is 13.0 Å². The van der Waals surface area contributed by atoms with E-state index >= 15 is 0 Å². The summed E-state index contributed by atoms with van der Waals surface area (Å²) in [7, 11) is 2.00. The molecule has 0 fully saturated rings. The molecule has 0 saturated heterocycles. The van der Waals surface area contributed by atoms with Crippen LogP contribution in [0.4, 0.5) is 0 Å². The Morgan fingerprint density at radius 3 is 3.13 bits per heavy atom. The van der Waals surface area contributed by atoms with E-state index in [-0.39, 0.29) is 0 Å². The molecule has 2 rings (SSSR count). The van der Waals surface area contributed by atoms with Crippen molar-refractivity contribution in [2.75, 3.05) is 13.6 Å². The van der Waals surface area contributed by atoms with Gasteiger partial charge in [-0.15, -0.1) is 0 Å². The number of phenolic OH excluding ortho intramolecular Hbond substituents is 1. The number of hydrogen-bond acceptors (Lipinski definition) is 2. The highest BCUT2D eigenvalue weighted by atomic mass is 16.3. The second-order valence-electron chi connectivity index (χ2n) is 4.36. The third kappa shape index (κ3) is 2.32. The van der Waals surface area contributed by atoms with Crippen LogP contribution in [0.15, 0.2) is 18.2 Å². The molecule has 1 atom stereocenters. The minimum Gasteiger partial charge on any atom is -0.508 e. The Balaban J connectivity index is 2.18. The van der Waals surface area contributed by atoms with Crippen molar-refractivity contribution < 1.29 is 5.11 Å². The highest BCUT2D eigenvalue weighted by molar-refractivity contribution is 5.38. The quantitative estimate of drug-likeness (QED) is 0.794. The Kier molecular flexibility index (Phi) is 3.27. The highest BCUT2D eigenvalue weighted by Crippen LogP contribution is 2.35. The molecule has 0 spiro atoms. The average Bonchev–Trinajstić information content (AvgIpc) is 2.25. The number of aryl methyl sites for hydroxylation is 1. The standard InChI is InChI=1S/C13H19NO/c1-14-8-7-10-3-2-4-11-9-12(15)5-6-13(10)11/h5-6,9-10,14-15H,2-4,7-8H2,1H3. The molecule has 0 heterocycles. The van der Waals surface area contributed by atoms with E-state index in [2.05, 4.69) is 11.4 Å². The molecule has 0 aliphatic heterocycles. The van der Waals surface area contributed by atoms with Gasteiger partial charge >= 0.3 is 0 Å². The molecule has 1 aliphatic rings. The summed E-state index contributed by atoms with van der Waals surface area (Å²) in [5.41, 5.74) is 2.80. The van der Waals surface area contributed by atoms with Crippen LogP contribution in [0, 0.1) is 0 Å². The Labute approximate surface area is 91.3 Å². The maximum Gasteiger partial charge on any atom is 0.115 e. The van der Waals surface area contributed by atoms with Crippen molar-refractivity contribution in [1.82, 2.24) is 5.32 Å². The van der Waals surface area contributed by atoms with Gasteiger partial charge < -0.3 is 10.4 Å². The minimum absolute atomic E-state index is 0.406. The van der Waals surface area contributed by atoms with E-state index in [1.54, 1.807) is 0 Å². The van der Waals surface area contributed by atoms with Crippen LogP contribution in [0.5, 0.6) is 5.75 Å². The largest absolute Gasteiger partial charge is 0.508 e. The Bertz CT molecular complexity index is 335. The maximum atomic E-state index is 9.44. The van der Waals surface area contributed by atoms with Gasteiger partial charge in [0.15, 0.2) is 0 Å². The number of aromatic hydroxyl groups is 1. The molecule has 1 unspecified atom stereocenters. The molecule has 2 N–H and O–H groups in total. The summed E-state index contributed by atoms with van der Waals surface area (Å²) < 4.78 is 0. The van der Waals surface area contributed by atoms with E-state index in [1.165, 1.54) is 30.4 Å². The van der Waals surface area contributed by atoms with E-state index in [1.807, 2.05) is 19.2 Å². The summed E-state index contributed by atoms with van der Waals surface area (Å²) in [5, 5.41) is 12.6. The highest BCUT2D eigenvalue weighted by Gasteiger charge is 2.19. The summed E-state index contributed by atoms with van der Waals surface area (Å²) in [5.74, 6) is 1.09. The molecule has 82 valence electrons. The average molecular weight is 205 g/mol. The van der Waals surface area contributed by atoms with Gasteiger partial charge in [0.2, 0.25) is 0 Å².